The first-order valence-electron chi connectivity index (χ1n) is 7.37. The van der Waals surface area contributed by atoms with Crippen LogP contribution in [0.15, 0.2) is 12.4 Å². The number of hydrogen-bond donors (Lipinski definition) is 2. The summed E-state index contributed by atoms with van der Waals surface area (Å²) in [5.41, 5.74) is -0.730. The van der Waals surface area contributed by atoms with Crippen molar-refractivity contribution in [1.82, 2.24) is 19.8 Å². The first kappa shape index (κ1) is 13.6. The minimum atomic E-state index is -0.730. The normalized spacial score (nSPS) is 30.4. The average Bonchev–Trinajstić information content (AvgIpc) is 3.05. The number of likely N-dealkylation sites (N-methyl/N-ethyl adjacent to an activating group) is 1. The lowest BCUT2D eigenvalue weighted by Gasteiger charge is -2.34. The third-order valence-electron chi connectivity index (χ3n) is 4.70. The van der Waals surface area contributed by atoms with Crippen LogP contribution in [-0.4, -0.2) is 50.2 Å². The van der Waals surface area contributed by atoms with Crippen LogP contribution in [0, 0.1) is 0 Å². The number of aliphatic carboxylic acids is 1. The number of nitrogens with one attached hydrogen (secondary N) is 1. The summed E-state index contributed by atoms with van der Waals surface area (Å²) in [6.07, 6.45) is 6.21. The van der Waals surface area contributed by atoms with E-state index in [-0.39, 0.29) is 0 Å². The van der Waals surface area contributed by atoms with Crippen molar-refractivity contribution in [3.05, 3.63) is 18.2 Å². The summed E-state index contributed by atoms with van der Waals surface area (Å²) >= 11 is 0. The average molecular weight is 278 g/mol. The Balaban J connectivity index is 1.70. The molecule has 6 heteroatoms. The van der Waals surface area contributed by atoms with Gasteiger partial charge < -0.3 is 15.0 Å². The molecule has 1 aliphatic carbocycles. The fourth-order valence-corrected chi connectivity index (χ4v) is 3.60. The Hall–Kier alpha value is -1.40. The molecule has 1 aromatic rings. The third-order valence-corrected chi connectivity index (χ3v) is 4.70. The highest BCUT2D eigenvalue weighted by molar-refractivity contribution is 5.79. The standard InChI is InChI=1S/C14H22N4O2/c1-2-16-14(13(19)20)4-3-11(9-14)18-8-7-17-6-5-15-12(17)10-18/h5-6,11,16H,2-4,7-10H2,1H3,(H,19,20). The number of fused-ring (bicyclic) bond motifs is 1. The highest BCUT2D eigenvalue weighted by atomic mass is 16.4. The Labute approximate surface area is 118 Å². The number of carbonyl (C=O) groups is 1. The molecule has 20 heavy (non-hydrogen) atoms. The van der Waals surface area contributed by atoms with Crippen LogP contribution >= 0.6 is 0 Å². The number of imidazole rings is 1. The maximum absolute atomic E-state index is 11.6. The molecule has 0 spiro atoms. The van der Waals surface area contributed by atoms with Crippen LogP contribution in [0.2, 0.25) is 0 Å². The van der Waals surface area contributed by atoms with Gasteiger partial charge in [-0.05, 0) is 25.8 Å². The largest absolute Gasteiger partial charge is 0.480 e. The van der Waals surface area contributed by atoms with E-state index in [1.54, 1.807) is 0 Å². The van der Waals surface area contributed by atoms with Crippen molar-refractivity contribution in [1.29, 1.82) is 0 Å². The van der Waals surface area contributed by atoms with Crippen LogP contribution in [-0.2, 0) is 17.9 Å². The van der Waals surface area contributed by atoms with Gasteiger partial charge in [0.15, 0.2) is 0 Å². The first-order valence-corrected chi connectivity index (χ1v) is 7.37. The van der Waals surface area contributed by atoms with E-state index in [1.807, 2.05) is 19.3 Å². The highest BCUT2D eigenvalue weighted by Crippen LogP contribution is 2.34. The van der Waals surface area contributed by atoms with Crippen molar-refractivity contribution >= 4 is 5.97 Å². The zero-order chi connectivity index (χ0) is 14.2. The Morgan fingerprint density at radius 3 is 3.20 bits per heavy atom. The number of aromatic nitrogens is 2. The molecule has 0 bridgehead atoms. The zero-order valence-corrected chi connectivity index (χ0v) is 11.9. The van der Waals surface area contributed by atoms with E-state index in [1.165, 1.54) is 0 Å². The van der Waals surface area contributed by atoms with Gasteiger partial charge in [-0.1, -0.05) is 6.92 Å². The number of carboxylic acid groups (broad SMARTS) is 1. The SMILES string of the molecule is CCNC1(C(=O)O)CCC(N2CCn3ccnc3C2)C1. The van der Waals surface area contributed by atoms with Gasteiger partial charge in [0.05, 0.1) is 6.54 Å². The predicted octanol–water partition coefficient (Wildman–Crippen LogP) is 0.684. The van der Waals surface area contributed by atoms with Gasteiger partial charge in [-0.25, -0.2) is 4.98 Å². The van der Waals surface area contributed by atoms with E-state index >= 15 is 0 Å². The second-order valence-electron chi connectivity index (χ2n) is 5.82. The minimum absolute atomic E-state index is 0.343. The number of rotatable bonds is 4. The van der Waals surface area contributed by atoms with Crippen molar-refractivity contribution in [3.63, 3.8) is 0 Å². The smallest absolute Gasteiger partial charge is 0.323 e. The van der Waals surface area contributed by atoms with Gasteiger partial charge >= 0.3 is 5.97 Å². The molecule has 2 aliphatic rings. The zero-order valence-electron chi connectivity index (χ0n) is 11.9. The lowest BCUT2D eigenvalue weighted by Crippen LogP contribution is -2.51. The van der Waals surface area contributed by atoms with E-state index in [4.69, 9.17) is 0 Å². The van der Waals surface area contributed by atoms with Gasteiger partial charge in [0.2, 0.25) is 0 Å². The second-order valence-corrected chi connectivity index (χ2v) is 5.82. The molecule has 0 saturated heterocycles. The lowest BCUT2D eigenvalue weighted by atomic mass is 9.97. The molecule has 1 aliphatic heterocycles. The first-order chi connectivity index (χ1) is 9.64. The molecular weight excluding hydrogens is 256 g/mol. The third kappa shape index (κ3) is 2.23. The second kappa shape index (κ2) is 5.18. The fraction of sp³-hybridized carbons (Fsp3) is 0.714. The van der Waals surface area contributed by atoms with E-state index in [0.29, 0.717) is 25.4 Å². The highest BCUT2D eigenvalue weighted by Gasteiger charge is 2.46. The predicted molar refractivity (Wildman–Crippen MR) is 74.3 cm³/mol. The number of hydrogen-bond acceptors (Lipinski definition) is 4. The van der Waals surface area contributed by atoms with Crippen LogP contribution in [0.25, 0.3) is 0 Å². The maximum Gasteiger partial charge on any atom is 0.323 e. The molecule has 1 fully saturated rings. The molecular formula is C14H22N4O2. The molecule has 0 aromatic carbocycles. The molecule has 3 rings (SSSR count). The van der Waals surface area contributed by atoms with Crippen molar-refractivity contribution in [2.24, 2.45) is 0 Å². The minimum Gasteiger partial charge on any atom is -0.480 e. The summed E-state index contributed by atoms with van der Waals surface area (Å²) in [5, 5.41) is 12.7. The monoisotopic (exact) mass is 278 g/mol. The van der Waals surface area contributed by atoms with Gasteiger partial charge in [-0.2, -0.15) is 0 Å². The Bertz CT molecular complexity index is 501. The van der Waals surface area contributed by atoms with Crippen LogP contribution in [0.3, 0.4) is 0 Å². The van der Waals surface area contributed by atoms with E-state index in [2.05, 4.69) is 19.8 Å². The molecule has 1 saturated carbocycles. The van der Waals surface area contributed by atoms with Gasteiger partial charge in [0.1, 0.15) is 11.4 Å². The van der Waals surface area contributed by atoms with Crippen molar-refractivity contribution in [2.75, 3.05) is 13.1 Å². The van der Waals surface area contributed by atoms with Crippen molar-refractivity contribution in [3.8, 4) is 0 Å². The van der Waals surface area contributed by atoms with Crippen LogP contribution in [0.1, 0.15) is 32.0 Å². The fourth-order valence-electron chi connectivity index (χ4n) is 3.60. The van der Waals surface area contributed by atoms with Crippen LogP contribution in [0.4, 0.5) is 0 Å². The summed E-state index contributed by atoms with van der Waals surface area (Å²) in [5.74, 6) is 0.382. The van der Waals surface area contributed by atoms with Gasteiger partial charge in [-0.15, -0.1) is 0 Å². The number of carboxylic acids is 1. The molecule has 110 valence electrons. The molecule has 2 N–H and O–H groups in total. The quantitative estimate of drug-likeness (QED) is 0.848. The number of nitrogens with zero attached hydrogens (tertiary/aromatic N) is 3. The van der Waals surface area contributed by atoms with Gasteiger partial charge in [-0.3, -0.25) is 9.69 Å². The van der Waals surface area contributed by atoms with Crippen molar-refractivity contribution in [2.45, 2.75) is 50.9 Å². The summed E-state index contributed by atoms with van der Waals surface area (Å²) in [7, 11) is 0. The molecule has 6 nitrogen and oxygen atoms in total. The van der Waals surface area contributed by atoms with Gasteiger partial charge in [0, 0.05) is 31.5 Å². The summed E-state index contributed by atoms with van der Waals surface area (Å²) in [6.45, 7) is 5.43. The van der Waals surface area contributed by atoms with E-state index in [0.717, 1.165) is 31.9 Å². The summed E-state index contributed by atoms with van der Waals surface area (Å²) in [6, 6.07) is 0.343. The van der Waals surface area contributed by atoms with E-state index in [9.17, 15) is 9.90 Å². The van der Waals surface area contributed by atoms with Crippen LogP contribution in [0.5, 0.6) is 0 Å². The van der Waals surface area contributed by atoms with Gasteiger partial charge in [0.25, 0.3) is 0 Å². The molecule has 0 amide bonds. The molecule has 2 unspecified atom stereocenters. The van der Waals surface area contributed by atoms with E-state index < -0.39 is 11.5 Å². The summed E-state index contributed by atoms with van der Waals surface area (Å²) in [4.78, 5) is 18.4. The maximum atomic E-state index is 11.6. The topological polar surface area (TPSA) is 70.4 Å². The Kier molecular flexibility index (Phi) is 3.52. The Morgan fingerprint density at radius 2 is 2.45 bits per heavy atom. The lowest BCUT2D eigenvalue weighted by molar-refractivity contribution is -0.144. The summed E-state index contributed by atoms with van der Waals surface area (Å²) < 4.78 is 2.18. The van der Waals surface area contributed by atoms with Crippen LogP contribution < -0.4 is 5.32 Å². The molecule has 0 radical (unpaired) electrons. The Morgan fingerprint density at radius 1 is 1.60 bits per heavy atom. The molecule has 2 heterocycles. The van der Waals surface area contributed by atoms with Crippen molar-refractivity contribution < 1.29 is 9.90 Å². The molecule has 2 atom stereocenters. The molecule has 1 aromatic heterocycles.